The summed E-state index contributed by atoms with van der Waals surface area (Å²) in [5.41, 5.74) is -0.569. The molecule has 2 N–H and O–H groups in total. The number of nitrogens with one attached hydrogen (secondary N) is 1. The van der Waals surface area contributed by atoms with E-state index < -0.39 is 22.5 Å². The minimum Gasteiger partial charge on any atom is -0.492 e. The maximum atomic E-state index is 11.7. The summed E-state index contributed by atoms with van der Waals surface area (Å²) in [4.78, 5) is 32.6. The van der Waals surface area contributed by atoms with Gasteiger partial charge in [-0.15, -0.1) is 0 Å². The van der Waals surface area contributed by atoms with E-state index in [2.05, 4.69) is 5.32 Å². The lowest BCUT2D eigenvalue weighted by atomic mass is 10.1. The molecule has 1 aromatic rings. The molecule has 0 saturated heterocycles. The van der Waals surface area contributed by atoms with Crippen LogP contribution in [0.4, 0.5) is 11.4 Å². The van der Waals surface area contributed by atoms with Gasteiger partial charge in [0.05, 0.1) is 18.0 Å². The number of benzene rings is 1. The van der Waals surface area contributed by atoms with Crippen LogP contribution in [0.1, 0.15) is 31.2 Å². The SMILES string of the molecule is N#Cc1cc([N+](=O)[O-])c(NC(=O)CCC(=O)O)cc1OCC1CC1. The molecule has 0 spiro atoms. The average Bonchev–Trinajstić information content (AvgIpc) is 3.35. The summed E-state index contributed by atoms with van der Waals surface area (Å²) in [7, 11) is 0. The van der Waals surface area contributed by atoms with E-state index in [0.29, 0.717) is 12.5 Å². The Hall–Kier alpha value is -3.15. The van der Waals surface area contributed by atoms with Gasteiger partial charge in [0.2, 0.25) is 5.91 Å². The third kappa shape index (κ3) is 4.67. The first-order chi connectivity index (χ1) is 11.4. The predicted octanol–water partition coefficient (Wildman–Crippen LogP) is 2.06. The average molecular weight is 333 g/mol. The predicted molar refractivity (Wildman–Crippen MR) is 81.5 cm³/mol. The molecule has 0 aliphatic heterocycles. The molecule has 1 aliphatic carbocycles. The van der Waals surface area contributed by atoms with Gasteiger partial charge in [-0.1, -0.05) is 0 Å². The van der Waals surface area contributed by atoms with Gasteiger partial charge in [0.15, 0.2) is 0 Å². The number of hydrogen-bond acceptors (Lipinski definition) is 6. The van der Waals surface area contributed by atoms with E-state index in [1.165, 1.54) is 6.07 Å². The van der Waals surface area contributed by atoms with Crippen molar-refractivity contribution in [1.29, 1.82) is 5.26 Å². The van der Waals surface area contributed by atoms with Crippen molar-refractivity contribution in [2.24, 2.45) is 5.92 Å². The number of carboxylic acids is 1. The lowest BCUT2D eigenvalue weighted by molar-refractivity contribution is -0.384. The molecule has 0 aromatic heterocycles. The normalized spacial score (nSPS) is 13.0. The van der Waals surface area contributed by atoms with Crippen LogP contribution in [0.5, 0.6) is 5.75 Å². The van der Waals surface area contributed by atoms with Crippen LogP contribution in [0.2, 0.25) is 0 Å². The maximum Gasteiger partial charge on any atom is 0.303 e. The van der Waals surface area contributed by atoms with Crippen molar-refractivity contribution in [1.82, 2.24) is 0 Å². The minimum atomic E-state index is -1.15. The maximum absolute atomic E-state index is 11.7. The number of carboxylic acid groups (broad SMARTS) is 1. The Labute approximate surface area is 137 Å². The molecule has 1 aromatic carbocycles. The molecule has 0 atom stereocenters. The zero-order valence-electron chi connectivity index (χ0n) is 12.7. The Bertz CT molecular complexity index is 721. The number of hydrogen-bond donors (Lipinski definition) is 2. The van der Waals surface area contributed by atoms with Crippen LogP contribution in [0.25, 0.3) is 0 Å². The fraction of sp³-hybridized carbons (Fsp3) is 0.400. The molecule has 0 unspecified atom stereocenters. The van der Waals surface area contributed by atoms with Gasteiger partial charge in [-0.05, 0) is 18.8 Å². The zero-order chi connectivity index (χ0) is 17.7. The third-order valence-electron chi connectivity index (χ3n) is 3.43. The molecular formula is C15H15N3O6. The lowest BCUT2D eigenvalue weighted by Crippen LogP contribution is -2.14. The first kappa shape index (κ1) is 17.2. The van der Waals surface area contributed by atoms with Crippen molar-refractivity contribution < 1.29 is 24.4 Å². The number of anilines is 1. The van der Waals surface area contributed by atoms with Crippen LogP contribution >= 0.6 is 0 Å². The topological polar surface area (TPSA) is 143 Å². The first-order valence-electron chi connectivity index (χ1n) is 7.27. The van der Waals surface area contributed by atoms with Crippen LogP contribution < -0.4 is 10.1 Å². The molecule has 2 rings (SSSR count). The Morgan fingerprint density at radius 3 is 2.67 bits per heavy atom. The van der Waals surface area contributed by atoms with Crippen molar-refractivity contribution in [3.8, 4) is 11.8 Å². The van der Waals surface area contributed by atoms with E-state index in [0.717, 1.165) is 18.9 Å². The molecule has 1 fully saturated rings. The summed E-state index contributed by atoms with van der Waals surface area (Å²) in [5.74, 6) is -1.24. The second-order valence-corrected chi connectivity index (χ2v) is 5.43. The fourth-order valence-electron chi connectivity index (χ4n) is 1.95. The number of carbonyl (C=O) groups excluding carboxylic acids is 1. The standard InChI is InChI=1S/C15H15N3O6/c16-7-10-5-12(18(22)23)11(17-14(19)3-4-15(20)21)6-13(10)24-8-9-1-2-9/h5-6,9H,1-4,8H2,(H,17,19)(H,20,21). The van der Waals surface area contributed by atoms with Crippen molar-refractivity contribution >= 4 is 23.3 Å². The van der Waals surface area contributed by atoms with E-state index in [1.807, 2.05) is 6.07 Å². The third-order valence-corrected chi connectivity index (χ3v) is 3.43. The number of nitriles is 1. The van der Waals surface area contributed by atoms with Crippen LogP contribution in [-0.4, -0.2) is 28.5 Å². The summed E-state index contributed by atoms with van der Waals surface area (Å²) >= 11 is 0. The highest BCUT2D eigenvalue weighted by Gasteiger charge is 2.25. The molecule has 0 heterocycles. The van der Waals surface area contributed by atoms with Crippen molar-refractivity contribution in [2.45, 2.75) is 25.7 Å². The van der Waals surface area contributed by atoms with Gasteiger partial charge >= 0.3 is 5.97 Å². The van der Waals surface area contributed by atoms with Crippen molar-refractivity contribution in [3.05, 3.63) is 27.8 Å². The van der Waals surface area contributed by atoms with Crippen LogP contribution in [0, 0.1) is 27.4 Å². The summed E-state index contributed by atoms with van der Waals surface area (Å²) in [6.45, 7) is 0.402. The highest BCUT2D eigenvalue weighted by atomic mass is 16.6. The molecule has 0 radical (unpaired) electrons. The molecule has 9 heteroatoms. The van der Waals surface area contributed by atoms with E-state index >= 15 is 0 Å². The number of aliphatic carboxylic acids is 1. The van der Waals surface area contributed by atoms with Gasteiger partial charge in [-0.2, -0.15) is 5.26 Å². The molecule has 0 bridgehead atoms. The Kier molecular flexibility index (Phi) is 5.31. The van der Waals surface area contributed by atoms with Crippen molar-refractivity contribution in [2.75, 3.05) is 11.9 Å². The highest BCUT2D eigenvalue weighted by Crippen LogP contribution is 2.35. The number of ether oxygens (including phenoxy) is 1. The van der Waals surface area contributed by atoms with Gasteiger partial charge in [-0.25, -0.2) is 0 Å². The van der Waals surface area contributed by atoms with Crippen LogP contribution in [-0.2, 0) is 9.59 Å². The molecule has 1 saturated carbocycles. The number of carbonyl (C=O) groups is 2. The highest BCUT2D eigenvalue weighted by molar-refractivity contribution is 5.95. The molecule has 1 aliphatic rings. The number of nitrogens with zero attached hydrogens (tertiary/aromatic N) is 2. The lowest BCUT2D eigenvalue weighted by Gasteiger charge is -2.11. The van der Waals surface area contributed by atoms with Crippen LogP contribution in [0.3, 0.4) is 0 Å². The quantitative estimate of drug-likeness (QED) is 0.547. The van der Waals surface area contributed by atoms with Gasteiger partial charge in [0.25, 0.3) is 5.69 Å². The molecule has 9 nitrogen and oxygen atoms in total. The summed E-state index contributed by atoms with van der Waals surface area (Å²) in [6.07, 6.45) is 1.37. The van der Waals surface area contributed by atoms with Crippen molar-refractivity contribution in [3.63, 3.8) is 0 Å². The Morgan fingerprint density at radius 2 is 2.12 bits per heavy atom. The van der Waals surface area contributed by atoms with E-state index in [9.17, 15) is 19.7 Å². The van der Waals surface area contributed by atoms with Gasteiger partial charge < -0.3 is 15.2 Å². The summed E-state index contributed by atoms with van der Waals surface area (Å²) < 4.78 is 5.52. The van der Waals surface area contributed by atoms with Gasteiger partial charge in [-0.3, -0.25) is 19.7 Å². The molecule has 126 valence electrons. The number of amides is 1. The summed E-state index contributed by atoms with van der Waals surface area (Å²) in [5, 5.41) is 31.1. The minimum absolute atomic E-state index is 0.00545. The van der Waals surface area contributed by atoms with Gasteiger partial charge in [0.1, 0.15) is 23.1 Å². The number of nitro benzene ring substituents is 1. The number of nitro groups is 1. The first-order valence-corrected chi connectivity index (χ1v) is 7.27. The Morgan fingerprint density at radius 1 is 1.42 bits per heavy atom. The summed E-state index contributed by atoms with van der Waals surface area (Å²) in [6, 6.07) is 4.11. The van der Waals surface area contributed by atoms with Crippen LogP contribution in [0.15, 0.2) is 12.1 Å². The smallest absolute Gasteiger partial charge is 0.303 e. The van der Waals surface area contributed by atoms with Gasteiger partial charge in [0, 0.05) is 18.6 Å². The number of rotatable bonds is 8. The van der Waals surface area contributed by atoms with E-state index in [1.54, 1.807) is 0 Å². The fourth-order valence-corrected chi connectivity index (χ4v) is 1.95. The van der Waals surface area contributed by atoms with E-state index in [4.69, 9.17) is 15.1 Å². The molecule has 24 heavy (non-hydrogen) atoms. The Balaban J connectivity index is 2.23. The second kappa shape index (κ2) is 7.41. The molecule has 1 amide bonds. The molecular weight excluding hydrogens is 318 g/mol. The largest absolute Gasteiger partial charge is 0.492 e. The van der Waals surface area contributed by atoms with E-state index in [-0.39, 0.29) is 29.8 Å². The zero-order valence-corrected chi connectivity index (χ0v) is 12.7. The monoisotopic (exact) mass is 333 g/mol. The second-order valence-electron chi connectivity index (χ2n) is 5.43.